The average molecular weight is 299 g/mol. The summed E-state index contributed by atoms with van der Waals surface area (Å²) in [6.07, 6.45) is 0.278. The van der Waals surface area contributed by atoms with Crippen LogP contribution in [0.2, 0.25) is 0 Å². The molecule has 112 valence electrons. The quantitative estimate of drug-likeness (QED) is 0.748. The van der Waals surface area contributed by atoms with Gasteiger partial charge in [0.1, 0.15) is 6.07 Å². The monoisotopic (exact) mass is 299 g/mol. The maximum absolute atomic E-state index is 12.6. The van der Waals surface area contributed by atoms with Gasteiger partial charge in [0.2, 0.25) is 11.6 Å². The molecule has 7 nitrogen and oxygen atoms in total. The van der Waals surface area contributed by atoms with E-state index in [1.54, 1.807) is 30.3 Å². The Kier molecular flexibility index (Phi) is 3.10. The lowest BCUT2D eigenvalue weighted by Crippen LogP contribution is -2.67. The zero-order valence-corrected chi connectivity index (χ0v) is 11.9. The Morgan fingerprint density at radius 1 is 1.41 bits per heavy atom. The van der Waals surface area contributed by atoms with Crippen LogP contribution in [0.4, 0.5) is 5.69 Å². The Labute approximate surface area is 126 Å². The van der Waals surface area contributed by atoms with Gasteiger partial charge in [-0.2, -0.15) is 5.26 Å². The summed E-state index contributed by atoms with van der Waals surface area (Å²) in [4.78, 5) is 40.0. The van der Waals surface area contributed by atoms with Crippen molar-refractivity contribution in [3.8, 4) is 6.07 Å². The van der Waals surface area contributed by atoms with E-state index in [1.807, 2.05) is 0 Å². The smallest absolute Gasteiger partial charge is 0.354 e. The van der Waals surface area contributed by atoms with Crippen LogP contribution in [0.3, 0.4) is 0 Å². The number of anilines is 1. The third-order valence-corrected chi connectivity index (χ3v) is 4.14. The highest BCUT2D eigenvalue weighted by Crippen LogP contribution is 2.44. The Bertz CT molecular complexity index is 724. The van der Waals surface area contributed by atoms with Crippen LogP contribution in [-0.4, -0.2) is 42.0 Å². The van der Waals surface area contributed by atoms with Gasteiger partial charge in [0.15, 0.2) is 6.61 Å². The Hall–Kier alpha value is -2.88. The maximum atomic E-state index is 12.6. The van der Waals surface area contributed by atoms with Gasteiger partial charge >= 0.3 is 5.97 Å². The minimum atomic E-state index is -1.50. The second-order valence-electron chi connectivity index (χ2n) is 5.16. The Morgan fingerprint density at radius 3 is 2.86 bits per heavy atom. The number of carbonyl (C=O) groups is 3. The number of nitrogens with zero attached hydrogens (tertiary/aromatic N) is 3. The number of rotatable bonds is 2. The lowest BCUT2D eigenvalue weighted by molar-refractivity contribution is -0.155. The standard InChI is InChI=1S/C15H13N3O4/c1-17-13(20)10-4-2-3-5-11(10)18-12(19)6-7-15(17,18)14(21)22-9-8-16/h2-5H,6-7,9H2,1H3. The third-order valence-electron chi connectivity index (χ3n) is 4.14. The highest BCUT2D eigenvalue weighted by atomic mass is 16.5. The number of hydrogen-bond acceptors (Lipinski definition) is 5. The van der Waals surface area contributed by atoms with Gasteiger partial charge in [-0.1, -0.05) is 12.1 Å². The van der Waals surface area contributed by atoms with Crippen LogP contribution in [0.25, 0.3) is 0 Å². The first-order valence-corrected chi connectivity index (χ1v) is 6.78. The summed E-state index contributed by atoms with van der Waals surface area (Å²) in [5.41, 5.74) is -0.731. The molecule has 1 aromatic carbocycles. The van der Waals surface area contributed by atoms with Crippen LogP contribution >= 0.6 is 0 Å². The molecule has 0 bridgehead atoms. The van der Waals surface area contributed by atoms with E-state index >= 15 is 0 Å². The van der Waals surface area contributed by atoms with Gasteiger partial charge in [0.05, 0.1) is 11.3 Å². The molecule has 7 heteroatoms. The molecule has 0 spiro atoms. The molecule has 0 N–H and O–H groups in total. The van der Waals surface area contributed by atoms with Crippen LogP contribution in [0.5, 0.6) is 0 Å². The molecule has 1 unspecified atom stereocenters. The molecule has 22 heavy (non-hydrogen) atoms. The summed E-state index contributed by atoms with van der Waals surface area (Å²) in [7, 11) is 1.47. The van der Waals surface area contributed by atoms with Gasteiger partial charge in [-0.15, -0.1) is 0 Å². The Morgan fingerprint density at radius 2 is 2.14 bits per heavy atom. The molecule has 2 aliphatic rings. The van der Waals surface area contributed by atoms with Gasteiger partial charge in [-0.25, -0.2) is 4.79 Å². The second kappa shape index (κ2) is 4.84. The third kappa shape index (κ3) is 1.64. The molecule has 1 aromatic rings. The normalized spacial score (nSPS) is 22.9. The first-order chi connectivity index (χ1) is 10.5. The number of nitriles is 1. The van der Waals surface area contributed by atoms with Crippen molar-refractivity contribution in [1.82, 2.24) is 4.90 Å². The fourth-order valence-corrected chi connectivity index (χ4v) is 3.10. The fraction of sp³-hybridized carbons (Fsp3) is 0.333. The molecular formula is C15H13N3O4. The first-order valence-electron chi connectivity index (χ1n) is 6.78. The van der Waals surface area contributed by atoms with E-state index in [-0.39, 0.29) is 24.7 Å². The highest BCUT2D eigenvalue weighted by Gasteiger charge is 2.60. The molecule has 0 saturated carbocycles. The van der Waals surface area contributed by atoms with E-state index in [2.05, 4.69) is 0 Å². The lowest BCUT2D eigenvalue weighted by atomic mass is 9.97. The zero-order valence-electron chi connectivity index (χ0n) is 11.9. The van der Waals surface area contributed by atoms with Gasteiger partial charge < -0.3 is 9.64 Å². The zero-order chi connectivity index (χ0) is 15.9. The second-order valence-corrected chi connectivity index (χ2v) is 5.16. The van der Waals surface area contributed by atoms with E-state index in [0.717, 1.165) is 0 Å². The van der Waals surface area contributed by atoms with Crippen LogP contribution in [0, 0.1) is 11.3 Å². The number of ether oxygens (including phenoxy) is 1. The molecular weight excluding hydrogens is 286 g/mol. The summed E-state index contributed by atoms with van der Waals surface area (Å²) >= 11 is 0. The maximum Gasteiger partial charge on any atom is 0.354 e. The van der Waals surface area contributed by atoms with Gasteiger partial charge in [-0.3, -0.25) is 14.5 Å². The summed E-state index contributed by atoms with van der Waals surface area (Å²) in [5, 5.41) is 8.59. The summed E-state index contributed by atoms with van der Waals surface area (Å²) in [6, 6.07) is 8.37. The number of para-hydroxylation sites is 1. The predicted octanol–water partition coefficient (Wildman–Crippen LogP) is 0.662. The van der Waals surface area contributed by atoms with Crippen molar-refractivity contribution < 1.29 is 19.1 Å². The molecule has 2 heterocycles. The number of carbonyl (C=O) groups excluding carboxylic acids is 3. The van der Waals surface area contributed by atoms with Crippen molar-refractivity contribution in [2.24, 2.45) is 0 Å². The average Bonchev–Trinajstić information content (AvgIpc) is 2.89. The van der Waals surface area contributed by atoms with Crippen LogP contribution in [-0.2, 0) is 14.3 Å². The number of benzene rings is 1. The summed E-state index contributed by atoms with van der Waals surface area (Å²) in [5.74, 6) is -1.36. The first kappa shape index (κ1) is 14.1. The van der Waals surface area contributed by atoms with Crippen LogP contribution in [0.15, 0.2) is 24.3 Å². The van der Waals surface area contributed by atoms with E-state index in [9.17, 15) is 14.4 Å². The van der Waals surface area contributed by atoms with Crippen molar-refractivity contribution in [2.45, 2.75) is 18.5 Å². The van der Waals surface area contributed by atoms with Gasteiger partial charge in [0, 0.05) is 19.9 Å². The van der Waals surface area contributed by atoms with Crippen LogP contribution in [0.1, 0.15) is 23.2 Å². The van der Waals surface area contributed by atoms with Crippen molar-refractivity contribution >= 4 is 23.5 Å². The van der Waals surface area contributed by atoms with E-state index in [4.69, 9.17) is 10.00 Å². The van der Waals surface area contributed by atoms with Crippen LogP contribution < -0.4 is 4.90 Å². The number of hydrogen-bond donors (Lipinski definition) is 0. The van der Waals surface area contributed by atoms with Crippen molar-refractivity contribution in [3.05, 3.63) is 29.8 Å². The molecule has 0 aromatic heterocycles. The van der Waals surface area contributed by atoms with Crippen molar-refractivity contribution in [2.75, 3.05) is 18.6 Å². The molecule has 3 rings (SSSR count). The SMILES string of the molecule is CN1C(=O)c2ccccc2N2C(=O)CCC12C(=O)OCC#N. The van der Waals surface area contributed by atoms with Crippen molar-refractivity contribution in [1.29, 1.82) is 5.26 Å². The van der Waals surface area contributed by atoms with E-state index in [1.165, 1.54) is 16.8 Å². The Balaban J connectivity index is 2.17. The number of esters is 1. The summed E-state index contributed by atoms with van der Waals surface area (Å²) < 4.78 is 4.93. The lowest BCUT2D eigenvalue weighted by Gasteiger charge is -2.46. The molecule has 1 atom stereocenters. The number of fused-ring (bicyclic) bond motifs is 3. The minimum Gasteiger partial charge on any atom is -0.447 e. The molecule has 0 aliphatic carbocycles. The number of amides is 2. The fourth-order valence-electron chi connectivity index (χ4n) is 3.10. The summed E-state index contributed by atoms with van der Waals surface area (Å²) in [6.45, 7) is -0.424. The molecule has 2 amide bonds. The minimum absolute atomic E-state index is 0.133. The van der Waals surface area contributed by atoms with E-state index in [0.29, 0.717) is 11.3 Å². The highest BCUT2D eigenvalue weighted by molar-refractivity contribution is 6.15. The number of likely N-dealkylation sites (N-methyl/N-ethyl adjacent to an activating group) is 1. The molecule has 1 fully saturated rings. The molecule has 1 saturated heterocycles. The molecule has 0 radical (unpaired) electrons. The van der Waals surface area contributed by atoms with Gasteiger partial charge in [0.25, 0.3) is 5.91 Å². The topological polar surface area (TPSA) is 90.7 Å². The van der Waals surface area contributed by atoms with E-state index < -0.39 is 18.2 Å². The largest absolute Gasteiger partial charge is 0.447 e. The van der Waals surface area contributed by atoms with Gasteiger partial charge in [-0.05, 0) is 12.1 Å². The predicted molar refractivity (Wildman–Crippen MR) is 74.6 cm³/mol. The van der Waals surface area contributed by atoms with Crippen molar-refractivity contribution in [3.63, 3.8) is 0 Å². The molecule has 2 aliphatic heterocycles.